The zero-order valence-electron chi connectivity index (χ0n) is 13.2. The van der Waals surface area contributed by atoms with Gasteiger partial charge in [0, 0.05) is 39.8 Å². The maximum atomic E-state index is 12.2. The van der Waals surface area contributed by atoms with Crippen molar-refractivity contribution in [3.8, 4) is 0 Å². The third-order valence-electron chi connectivity index (χ3n) is 3.94. The van der Waals surface area contributed by atoms with Gasteiger partial charge in [0.25, 0.3) is 5.56 Å². The average molecular weight is 306 g/mol. The molecule has 1 fully saturated rings. The molecule has 2 N–H and O–H groups in total. The second kappa shape index (κ2) is 5.60. The summed E-state index contributed by atoms with van der Waals surface area (Å²) >= 11 is 0. The molecule has 1 aliphatic heterocycles. The monoisotopic (exact) mass is 306 g/mol. The first-order chi connectivity index (χ1) is 10.5. The lowest BCUT2D eigenvalue weighted by Gasteiger charge is -2.28. The van der Waals surface area contributed by atoms with Gasteiger partial charge in [-0.15, -0.1) is 0 Å². The number of aromatic nitrogens is 4. The van der Waals surface area contributed by atoms with Crippen LogP contribution in [-0.4, -0.2) is 45.3 Å². The third kappa shape index (κ3) is 2.43. The summed E-state index contributed by atoms with van der Waals surface area (Å²) in [5.74, 6) is 1.03. The number of imidazole rings is 1. The summed E-state index contributed by atoms with van der Waals surface area (Å²) in [6, 6.07) is 0. The highest BCUT2D eigenvalue weighted by atomic mass is 16.2. The molecule has 0 amide bonds. The Labute approximate surface area is 127 Å². The Bertz CT molecular complexity index is 794. The number of H-pyrrole nitrogens is 1. The third-order valence-corrected chi connectivity index (χ3v) is 3.94. The number of hydrogen-bond donors (Lipinski definition) is 2. The Hall–Kier alpha value is -2.09. The van der Waals surface area contributed by atoms with E-state index in [0.717, 1.165) is 32.1 Å². The van der Waals surface area contributed by atoms with Crippen LogP contribution in [0.25, 0.3) is 11.2 Å². The number of anilines is 1. The smallest absolute Gasteiger partial charge is 0.330 e. The standard InChI is InChI=1S/C14H22N6O2/c1-9(2)8-20-11-10(12(21)17-14(20)22)18(3)13(16-11)19-6-4-15-5-7-19/h9,15H,4-8H2,1-3H3,(H,17,21,22). The molecule has 2 aromatic heterocycles. The molecule has 2 aromatic rings. The number of aromatic amines is 1. The minimum absolute atomic E-state index is 0.288. The quantitative estimate of drug-likeness (QED) is 0.797. The molecule has 3 rings (SSSR count). The number of piperazine rings is 1. The van der Waals surface area contributed by atoms with Crippen LogP contribution in [0.4, 0.5) is 5.95 Å². The van der Waals surface area contributed by atoms with E-state index in [1.165, 1.54) is 0 Å². The zero-order valence-corrected chi connectivity index (χ0v) is 13.2. The largest absolute Gasteiger partial charge is 0.340 e. The van der Waals surface area contributed by atoms with Gasteiger partial charge in [0.05, 0.1) is 0 Å². The van der Waals surface area contributed by atoms with Crippen molar-refractivity contribution in [2.75, 3.05) is 31.1 Å². The van der Waals surface area contributed by atoms with E-state index in [4.69, 9.17) is 0 Å². The summed E-state index contributed by atoms with van der Waals surface area (Å²) in [6.45, 7) is 8.04. The predicted molar refractivity (Wildman–Crippen MR) is 85.5 cm³/mol. The van der Waals surface area contributed by atoms with Gasteiger partial charge in [-0.1, -0.05) is 13.8 Å². The Kier molecular flexibility index (Phi) is 3.78. The van der Waals surface area contributed by atoms with Gasteiger partial charge in [-0.3, -0.25) is 14.3 Å². The molecule has 1 saturated heterocycles. The molecule has 1 aliphatic rings. The number of hydrogen-bond acceptors (Lipinski definition) is 5. The minimum Gasteiger partial charge on any atom is -0.340 e. The highest BCUT2D eigenvalue weighted by Gasteiger charge is 2.21. The molecule has 8 nitrogen and oxygen atoms in total. The number of nitrogens with zero attached hydrogens (tertiary/aromatic N) is 4. The SMILES string of the molecule is CC(C)Cn1c(=O)[nH]c(=O)c2c1nc(N1CCNCC1)n2C. The molecule has 0 radical (unpaired) electrons. The normalized spacial score (nSPS) is 15.9. The van der Waals surface area contributed by atoms with Gasteiger partial charge in [0.15, 0.2) is 11.2 Å². The van der Waals surface area contributed by atoms with Gasteiger partial charge in [0.2, 0.25) is 5.95 Å². The van der Waals surface area contributed by atoms with Gasteiger partial charge in [0.1, 0.15) is 0 Å². The van der Waals surface area contributed by atoms with E-state index in [0.29, 0.717) is 17.7 Å². The maximum Gasteiger partial charge on any atom is 0.330 e. The van der Waals surface area contributed by atoms with Crippen molar-refractivity contribution in [2.45, 2.75) is 20.4 Å². The van der Waals surface area contributed by atoms with Crippen LogP contribution in [-0.2, 0) is 13.6 Å². The van der Waals surface area contributed by atoms with Crippen LogP contribution in [0, 0.1) is 5.92 Å². The summed E-state index contributed by atoms with van der Waals surface area (Å²) in [4.78, 5) is 33.5. The summed E-state index contributed by atoms with van der Waals surface area (Å²) in [5.41, 5.74) is 0.153. The van der Waals surface area contributed by atoms with Crippen LogP contribution < -0.4 is 21.5 Å². The van der Waals surface area contributed by atoms with Crippen LogP contribution in [0.2, 0.25) is 0 Å². The van der Waals surface area contributed by atoms with Crippen molar-refractivity contribution in [1.82, 2.24) is 24.4 Å². The summed E-state index contributed by atoms with van der Waals surface area (Å²) in [7, 11) is 1.83. The topological polar surface area (TPSA) is 87.9 Å². The molecule has 8 heteroatoms. The van der Waals surface area contributed by atoms with Gasteiger partial charge in [-0.05, 0) is 5.92 Å². The van der Waals surface area contributed by atoms with E-state index >= 15 is 0 Å². The highest BCUT2D eigenvalue weighted by Crippen LogP contribution is 2.18. The van der Waals surface area contributed by atoms with Crippen molar-refractivity contribution in [1.29, 1.82) is 0 Å². The lowest BCUT2D eigenvalue weighted by Crippen LogP contribution is -2.44. The maximum absolute atomic E-state index is 12.2. The molecule has 0 aromatic carbocycles. The van der Waals surface area contributed by atoms with Gasteiger partial charge >= 0.3 is 5.69 Å². The molecule has 120 valence electrons. The molecule has 22 heavy (non-hydrogen) atoms. The number of rotatable bonds is 3. The minimum atomic E-state index is -0.392. The highest BCUT2D eigenvalue weighted by molar-refractivity contribution is 5.74. The van der Waals surface area contributed by atoms with Crippen LogP contribution in [0.1, 0.15) is 13.8 Å². The molecular formula is C14H22N6O2. The first kappa shape index (κ1) is 14.8. The van der Waals surface area contributed by atoms with Gasteiger partial charge in [-0.25, -0.2) is 4.79 Å². The molecule has 0 atom stereocenters. The van der Waals surface area contributed by atoms with E-state index in [1.54, 1.807) is 9.13 Å². The van der Waals surface area contributed by atoms with Crippen molar-refractivity contribution in [2.24, 2.45) is 13.0 Å². The molecular weight excluding hydrogens is 284 g/mol. The number of nitrogens with one attached hydrogen (secondary N) is 2. The molecule has 0 bridgehead atoms. The van der Waals surface area contributed by atoms with E-state index in [2.05, 4.69) is 20.2 Å². The van der Waals surface area contributed by atoms with E-state index in [9.17, 15) is 9.59 Å². The van der Waals surface area contributed by atoms with Crippen LogP contribution >= 0.6 is 0 Å². The molecule has 0 unspecified atom stereocenters. The predicted octanol–water partition coefficient (Wildman–Crippen LogP) is -0.511. The lowest BCUT2D eigenvalue weighted by molar-refractivity contribution is 0.513. The molecule has 0 spiro atoms. The average Bonchev–Trinajstić information content (AvgIpc) is 2.82. The fourth-order valence-corrected chi connectivity index (χ4v) is 2.92. The summed E-state index contributed by atoms with van der Waals surface area (Å²) in [5, 5.41) is 3.29. The second-order valence-electron chi connectivity index (χ2n) is 6.14. The Morgan fingerprint density at radius 1 is 1.23 bits per heavy atom. The molecule has 0 aliphatic carbocycles. The summed E-state index contributed by atoms with van der Waals surface area (Å²) in [6.07, 6.45) is 0. The fourth-order valence-electron chi connectivity index (χ4n) is 2.92. The Balaban J connectivity index is 2.21. The first-order valence-corrected chi connectivity index (χ1v) is 7.64. The van der Waals surface area contributed by atoms with Crippen LogP contribution in [0.15, 0.2) is 9.59 Å². The Morgan fingerprint density at radius 3 is 2.55 bits per heavy atom. The lowest BCUT2D eigenvalue weighted by atomic mass is 10.2. The van der Waals surface area contributed by atoms with E-state index in [-0.39, 0.29) is 11.5 Å². The summed E-state index contributed by atoms with van der Waals surface area (Å²) < 4.78 is 3.35. The van der Waals surface area contributed by atoms with Crippen molar-refractivity contribution < 1.29 is 0 Å². The number of aryl methyl sites for hydroxylation is 1. The van der Waals surface area contributed by atoms with Crippen LogP contribution in [0.3, 0.4) is 0 Å². The first-order valence-electron chi connectivity index (χ1n) is 7.64. The van der Waals surface area contributed by atoms with E-state index < -0.39 is 5.69 Å². The van der Waals surface area contributed by atoms with Crippen LogP contribution in [0.5, 0.6) is 0 Å². The van der Waals surface area contributed by atoms with Gasteiger partial charge < -0.3 is 14.8 Å². The van der Waals surface area contributed by atoms with Gasteiger partial charge in [-0.2, -0.15) is 4.98 Å². The molecule has 0 saturated carbocycles. The van der Waals surface area contributed by atoms with Crippen molar-refractivity contribution in [3.05, 3.63) is 20.8 Å². The zero-order chi connectivity index (χ0) is 15.9. The van der Waals surface area contributed by atoms with Crippen molar-refractivity contribution >= 4 is 17.1 Å². The second-order valence-corrected chi connectivity index (χ2v) is 6.14. The molecule has 3 heterocycles. The number of fused-ring (bicyclic) bond motifs is 1. The Morgan fingerprint density at radius 2 is 1.91 bits per heavy atom. The van der Waals surface area contributed by atoms with Crippen molar-refractivity contribution in [3.63, 3.8) is 0 Å². The van der Waals surface area contributed by atoms with E-state index in [1.807, 2.05) is 20.9 Å². The fraction of sp³-hybridized carbons (Fsp3) is 0.643.